The molecule has 0 aliphatic carbocycles. The predicted octanol–water partition coefficient (Wildman–Crippen LogP) is 2.49. The van der Waals surface area contributed by atoms with Gasteiger partial charge in [0.25, 0.3) is 5.91 Å². The highest BCUT2D eigenvalue weighted by molar-refractivity contribution is 5.94. The number of hydrogen-bond acceptors (Lipinski definition) is 1. The van der Waals surface area contributed by atoms with E-state index in [1.165, 1.54) is 7.05 Å². The van der Waals surface area contributed by atoms with Gasteiger partial charge in [-0.3, -0.25) is 4.79 Å². The van der Waals surface area contributed by atoms with Crippen molar-refractivity contribution in [2.75, 3.05) is 7.05 Å². The highest BCUT2D eigenvalue weighted by atomic mass is 19.1. The van der Waals surface area contributed by atoms with Crippen molar-refractivity contribution in [3.63, 3.8) is 0 Å². The summed E-state index contributed by atoms with van der Waals surface area (Å²) in [6, 6.07) is 0.904. The van der Waals surface area contributed by atoms with Gasteiger partial charge in [0.15, 0.2) is 0 Å². The van der Waals surface area contributed by atoms with Crippen LogP contribution in [0.5, 0.6) is 0 Å². The fourth-order valence-electron chi connectivity index (χ4n) is 0.884. The summed E-state index contributed by atoms with van der Waals surface area (Å²) in [6.07, 6.45) is 0. The van der Waals surface area contributed by atoms with E-state index in [0.29, 0.717) is 12.1 Å². The summed E-state index contributed by atoms with van der Waals surface area (Å²) in [7, 11) is 1.23. The lowest BCUT2D eigenvalue weighted by Crippen LogP contribution is -2.21. The number of carbonyl (C=O) groups excluding carboxylic acids is 1. The molecule has 0 atom stereocenters. The van der Waals surface area contributed by atoms with E-state index in [4.69, 9.17) is 0 Å². The van der Waals surface area contributed by atoms with E-state index in [1.807, 2.05) is 19.2 Å². The van der Waals surface area contributed by atoms with E-state index in [9.17, 15) is 18.0 Å². The molecule has 5 heteroatoms. The van der Waals surface area contributed by atoms with Crippen molar-refractivity contribution in [1.29, 1.82) is 0 Å². The standard InChI is InChI=1S/C8H6F3NO.C2H6/c1-12-8(13)7-5(10)2-4(9)3-6(7)11;1-2/h2-3H,1H3,(H,12,13);1-2H3. The maximum Gasteiger partial charge on any atom is 0.257 e. The van der Waals surface area contributed by atoms with Crippen LogP contribution in [0.2, 0.25) is 0 Å². The monoisotopic (exact) mass is 219 g/mol. The van der Waals surface area contributed by atoms with E-state index in [0.717, 1.165) is 0 Å². The zero-order chi connectivity index (χ0) is 12.0. The summed E-state index contributed by atoms with van der Waals surface area (Å²) in [5.41, 5.74) is -0.774. The highest BCUT2D eigenvalue weighted by Crippen LogP contribution is 2.14. The Morgan fingerprint density at radius 2 is 1.53 bits per heavy atom. The molecule has 0 unspecified atom stereocenters. The largest absolute Gasteiger partial charge is 0.355 e. The van der Waals surface area contributed by atoms with Crippen LogP contribution >= 0.6 is 0 Å². The first-order valence-corrected chi connectivity index (χ1v) is 4.43. The first kappa shape index (κ1) is 13.5. The molecule has 2 nitrogen and oxygen atoms in total. The molecular formula is C10H12F3NO. The topological polar surface area (TPSA) is 29.1 Å². The molecule has 0 fully saturated rings. The summed E-state index contributed by atoms with van der Waals surface area (Å²) in [5, 5.41) is 2.04. The van der Waals surface area contributed by atoms with Crippen LogP contribution in [-0.2, 0) is 0 Å². The average Bonchev–Trinajstić information content (AvgIpc) is 2.19. The smallest absolute Gasteiger partial charge is 0.257 e. The second kappa shape index (κ2) is 6.06. The Balaban J connectivity index is 0.000000921. The second-order valence-corrected chi connectivity index (χ2v) is 2.32. The third kappa shape index (κ3) is 3.27. The molecular weight excluding hydrogens is 207 g/mol. The number of hydrogen-bond donors (Lipinski definition) is 1. The van der Waals surface area contributed by atoms with Gasteiger partial charge in [0.05, 0.1) is 0 Å². The first-order chi connectivity index (χ1) is 7.06. The molecule has 0 heterocycles. The van der Waals surface area contributed by atoms with Crippen LogP contribution in [0.1, 0.15) is 24.2 Å². The van der Waals surface area contributed by atoms with Gasteiger partial charge in [-0.25, -0.2) is 13.2 Å². The molecule has 0 radical (unpaired) electrons. The van der Waals surface area contributed by atoms with Gasteiger partial charge in [0.2, 0.25) is 0 Å². The third-order valence-electron chi connectivity index (χ3n) is 1.46. The number of carbonyl (C=O) groups is 1. The van der Waals surface area contributed by atoms with E-state index in [2.05, 4.69) is 0 Å². The van der Waals surface area contributed by atoms with Crippen LogP contribution in [0.4, 0.5) is 13.2 Å². The molecule has 1 rings (SSSR count). The fraction of sp³-hybridized carbons (Fsp3) is 0.300. The van der Waals surface area contributed by atoms with Gasteiger partial charge in [0, 0.05) is 19.2 Å². The summed E-state index contributed by atoms with van der Waals surface area (Å²) in [5.74, 6) is -4.40. The molecule has 15 heavy (non-hydrogen) atoms. The Morgan fingerprint density at radius 1 is 1.13 bits per heavy atom. The Bertz CT molecular complexity index is 330. The van der Waals surface area contributed by atoms with Crippen molar-refractivity contribution in [1.82, 2.24) is 5.32 Å². The van der Waals surface area contributed by atoms with Gasteiger partial charge >= 0.3 is 0 Å². The van der Waals surface area contributed by atoms with Crippen LogP contribution in [0.3, 0.4) is 0 Å². The molecule has 0 bridgehead atoms. The molecule has 0 saturated carbocycles. The maximum absolute atomic E-state index is 12.8. The molecule has 0 aliphatic heterocycles. The van der Waals surface area contributed by atoms with E-state index >= 15 is 0 Å². The van der Waals surface area contributed by atoms with Gasteiger partial charge < -0.3 is 5.32 Å². The molecule has 0 spiro atoms. The van der Waals surface area contributed by atoms with Crippen molar-refractivity contribution >= 4 is 5.91 Å². The molecule has 1 N–H and O–H groups in total. The SMILES string of the molecule is CC.CNC(=O)c1c(F)cc(F)cc1F. The number of benzene rings is 1. The third-order valence-corrected chi connectivity index (χ3v) is 1.46. The minimum Gasteiger partial charge on any atom is -0.355 e. The van der Waals surface area contributed by atoms with E-state index < -0.39 is 28.9 Å². The minimum absolute atomic E-state index is 0.452. The fourth-order valence-corrected chi connectivity index (χ4v) is 0.884. The van der Waals surface area contributed by atoms with Crippen molar-refractivity contribution < 1.29 is 18.0 Å². The van der Waals surface area contributed by atoms with Gasteiger partial charge in [-0.2, -0.15) is 0 Å². The summed E-state index contributed by atoms with van der Waals surface area (Å²) in [4.78, 5) is 10.9. The number of rotatable bonds is 1. The van der Waals surface area contributed by atoms with Crippen molar-refractivity contribution in [3.8, 4) is 0 Å². The van der Waals surface area contributed by atoms with Crippen molar-refractivity contribution in [2.24, 2.45) is 0 Å². The Hall–Kier alpha value is -1.52. The zero-order valence-electron chi connectivity index (χ0n) is 8.70. The lowest BCUT2D eigenvalue weighted by Gasteiger charge is -2.02. The molecule has 0 aliphatic rings. The van der Waals surface area contributed by atoms with Crippen LogP contribution in [0.15, 0.2) is 12.1 Å². The zero-order valence-corrected chi connectivity index (χ0v) is 8.70. The van der Waals surface area contributed by atoms with E-state index in [1.54, 1.807) is 0 Å². The lowest BCUT2D eigenvalue weighted by atomic mass is 10.2. The summed E-state index contributed by atoms with van der Waals surface area (Å²) >= 11 is 0. The van der Waals surface area contributed by atoms with E-state index in [-0.39, 0.29) is 0 Å². The summed E-state index contributed by atoms with van der Waals surface area (Å²) < 4.78 is 38.0. The molecule has 84 valence electrons. The van der Waals surface area contributed by atoms with Crippen LogP contribution in [0, 0.1) is 17.5 Å². The van der Waals surface area contributed by atoms with Crippen molar-refractivity contribution in [3.05, 3.63) is 35.1 Å². The molecule has 0 aromatic heterocycles. The van der Waals surface area contributed by atoms with Crippen LogP contribution < -0.4 is 5.32 Å². The quantitative estimate of drug-likeness (QED) is 0.772. The van der Waals surface area contributed by atoms with Gasteiger partial charge in [-0.05, 0) is 0 Å². The first-order valence-electron chi connectivity index (χ1n) is 4.43. The Kier molecular flexibility index (Phi) is 5.44. The average molecular weight is 219 g/mol. The Morgan fingerprint density at radius 3 is 1.87 bits per heavy atom. The second-order valence-electron chi connectivity index (χ2n) is 2.32. The summed E-state index contributed by atoms with van der Waals surface area (Å²) in [6.45, 7) is 4.00. The lowest BCUT2D eigenvalue weighted by molar-refractivity contribution is 0.0954. The molecule has 0 saturated heterocycles. The van der Waals surface area contributed by atoms with Gasteiger partial charge in [-0.1, -0.05) is 13.8 Å². The number of amides is 1. The minimum atomic E-state index is -1.21. The van der Waals surface area contributed by atoms with Gasteiger partial charge in [-0.15, -0.1) is 0 Å². The molecule has 1 aromatic rings. The maximum atomic E-state index is 12.8. The number of halogens is 3. The normalized spacial score (nSPS) is 8.93. The number of nitrogens with one attached hydrogen (secondary N) is 1. The Labute approximate surface area is 86.1 Å². The highest BCUT2D eigenvalue weighted by Gasteiger charge is 2.17. The van der Waals surface area contributed by atoms with Crippen molar-refractivity contribution in [2.45, 2.75) is 13.8 Å². The predicted molar refractivity (Wildman–Crippen MR) is 51.1 cm³/mol. The van der Waals surface area contributed by atoms with Crippen LogP contribution in [-0.4, -0.2) is 13.0 Å². The molecule has 1 aromatic carbocycles. The molecule has 1 amide bonds. The van der Waals surface area contributed by atoms with Gasteiger partial charge in [0.1, 0.15) is 23.0 Å². The van der Waals surface area contributed by atoms with Crippen LogP contribution in [0.25, 0.3) is 0 Å².